The first-order valence-electron chi connectivity index (χ1n) is 15.1. The van der Waals surface area contributed by atoms with Crippen molar-refractivity contribution < 1.29 is 37.0 Å². The van der Waals surface area contributed by atoms with Crippen molar-refractivity contribution in [3.63, 3.8) is 0 Å². The first kappa shape index (κ1) is 30.8. The molecule has 3 atom stereocenters. The van der Waals surface area contributed by atoms with Crippen molar-refractivity contribution >= 4 is 17.5 Å². The highest BCUT2D eigenvalue weighted by molar-refractivity contribution is 5.98. The minimum atomic E-state index is -4.74. The number of amides is 2. The van der Waals surface area contributed by atoms with Gasteiger partial charge in [0, 0.05) is 32.4 Å². The van der Waals surface area contributed by atoms with Gasteiger partial charge in [0.15, 0.2) is 0 Å². The van der Waals surface area contributed by atoms with Crippen molar-refractivity contribution in [3.05, 3.63) is 89.0 Å². The molecule has 0 bridgehead atoms. The number of halogens is 3. The van der Waals surface area contributed by atoms with Crippen LogP contribution in [0.15, 0.2) is 66.7 Å². The molecule has 1 aliphatic carbocycles. The lowest BCUT2D eigenvalue weighted by Gasteiger charge is -2.42. The van der Waals surface area contributed by atoms with Gasteiger partial charge < -0.3 is 29.3 Å². The number of benzene rings is 3. The summed E-state index contributed by atoms with van der Waals surface area (Å²) in [6.45, 7) is 0.643. The topological polar surface area (TPSA) is 80.3 Å². The van der Waals surface area contributed by atoms with Crippen molar-refractivity contribution in [2.24, 2.45) is 0 Å². The molecule has 3 aliphatic rings. The Balaban J connectivity index is 1.06. The van der Waals surface area contributed by atoms with Crippen LogP contribution < -0.4 is 19.7 Å². The Morgan fingerprint density at radius 1 is 1.04 bits per heavy atom. The number of nitrogens with zero attached hydrogens (tertiary/aromatic N) is 2. The summed E-state index contributed by atoms with van der Waals surface area (Å²) in [7, 11) is 3.61. The minimum absolute atomic E-state index is 0.0278. The second-order valence-electron chi connectivity index (χ2n) is 12.0. The molecular formula is C34H36F3N3O5. The number of nitrogens with one attached hydrogen (secondary N) is 1. The molecule has 2 aliphatic heterocycles. The van der Waals surface area contributed by atoms with E-state index in [1.54, 1.807) is 36.2 Å². The molecule has 11 heteroatoms. The van der Waals surface area contributed by atoms with Crippen LogP contribution in [-0.4, -0.2) is 68.1 Å². The maximum Gasteiger partial charge on any atom is 0.573 e. The number of carbonyl (C=O) groups excluding carboxylic acids is 2. The second kappa shape index (κ2) is 12.6. The molecule has 3 aromatic rings. The Morgan fingerprint density at radius 3 is 2.44 bits per heavy atom. The Bertz CT molecular complexity index is 1520. The zero-order valence-corrected chi connectivity index (χ0v) is 25.2. The highest BCUT2D eigenvalue weighted by Crippen LogP contribution is 2.34. The number of carbonyl (C=O) groups is 2. The number of hydrogen-bond donors (Lipinski definition) is 1. The fraction of sp³-hybridized carbons (Fsp3) is 0.412. The van der Waals surface area contributed by atoms with Gasteiger partial charge in [-0.15, -0.1) is 13.2 Å². The van der Waals surface area contributed by atoms with E-state index in [4.69, 9.17) is 9.47 Å². The van der Waals surface area contributed by atoms with Crippen LogP contribution in [-0.2, 0) is 28.9 Å². The van der Waals surface area contributed by atoms with Gasteiger partial charge in [-0.1, -0.05) is 36.4 Å². The number of fused-ring (bicyclic) bond motifs is 3. The average molecular weight is 624 g/mol. The monoisotopic (exact) mass is 623 g/mol. The van der Waals surface area contributed by atoms with Crippen LogP contribution in [0.25, 0.3) is 0 Å². The van der Waals surface area contributed by atoms with E-state index >= 15 is 0 Å². The summed E-state index contributed by atoms with van der Waals surface area (Å²) in [6.07, 6.45) is -2.10. The predicted molar refractivity (Wildman–Crippen MR) is 161 cm³/mol. The van der Waals surface area contributed by atoms with E-state index in [9.17, 15) is 22.8 Å². The first-order chi connectivity index (χ1) is 21.5. The van der Waals surface area contributed by atoms with Crippen molar-refractivity contribution in [1.29, 1.82) is 0 Å². The largest absolute Gasteiger partial charge is 0.573 e. The molecule has 238 valence electrons. The Morgan fingerprint density at radius 2 is 1.76 bits per heavy atom. The summed E-state index contributed by atoms with van der Waals surface area (Å²) in [5.74, 6) is -0.0552. The quantitative estimate of drug-likeness (QED) is 0.386. The summed E-state index contributed by atoms with van der Waals surface area (Å²) >= 11 is 0. The summed E-state index contributed by atoms with van der Waals surface area (Å²) in [6, 6.07) is 19.2. The third-order valence-electron chi connectivity index (χ3n) is 8.84. The molecule has 0 radical (unpaired) electrons. The molecule has 0 aromatic heterocycles. The maximum atomic E-state index is 13.7. The summed E-state index contributed by atoms with van der Waals surface area (Å²) in [5, 5.41) is 3.17. The molecule has 1 N–H and O–H groups in total. The van der Waals surface area contributed by atoms with E-state index in [0.717, 1.165) is 24.1 Å². The molecule has 3 aromatic carbocycles. The van der Waals surface area contributed by atoms with E-state index < -0.39 is 6.36 Å². The number of alkyl halides is 3. The Kier molecular flexibility index (Phi) is 8.63. The van der Waals surface area contributed by atoms with Crippen molar-refractivity contribution in [2.75, 3.05) is 25.6 Å². The smallest absolute Gasteiger partial charge is 0.490 e. The van der Waals surface area contributed by atoms with Gasteiger partial charge in [0.25, 0.3) is 5.91 Å². The van der Waals surface area contributed by atoms with Gasteiger partial charge in [-0.05, 0) is 72.7 Å². The number of anilines is 1. The molecule has 1 saturated heterocycles. The van der Waals surface area contributed by atoms with Gasteiger partial charge in [0.1, 0.15) is 24.2 Å². The SMILES string of the molecule is CN(Cc1ccc(OC(F)(F)F)cc1)c1ccc2c(c1)C(=O)N(C)[C@H]1CC[C@@H](CC(=O)NC3Cc4ccccc4C3)O[C@H]1CO2. The fourth-order valence-electron chi connectivity index (χ4n) is 6.57. The van der Waals surface area contributed by atoms with Crippen LogP contribution >= 0.6 is 0 Å². The fourth-order valence-corrected chi connectivity index (χ4v) is 6.57. The van der Waals surface area contributed by atoms with E-state index in [2.05, 4.69) is 22.2 Å². The maximum absolute atomic E-state index is 13.7. The second-order valence-corrected chi connectivity index (χ2v) is 12.0. The molecule has 0 saturated carbocycles. The summed E-state index contributed by atoms with van der Waals surface area (Å²) < 4.78 is 53.9. The van der Waals surface area contributed by atoms with E-state index in [-0.39, 0.29) is 54.9 Å². The number of rotatable bonds is 7. The minimum Gasteiger partial charge on any atom is -0.490 e. The van der Waals surface area contributed by atoms with Gasteiger partial charge in [-0.3, -0.25) is 9.59 Å². The standard InChI is InChI=1S/C34H36F3N3O5/c1-39(19-21-7-10-26(11-8-21)45-34(35,36)37)25-9-14-30-28(17-25)33(42)40(2)29-13-12-27(44-31(29)20-43-30)18-32(41)38-24-15-22-5-3-4-6-23(22)16-24/h3-11,14,17,24,27,29,31H,12-13,15-16,18-20H2,1-2H3,(H,38,41)/t27-,29-,31-/m0/s1. The van der Waals surface area contributed by atoms with Gasteiger partial charge in [-0.2, -0.15) is 0 Å². The zero-order valence-electron chi connectivity index (χ0n) is 25.2. The lowest BCUT2D eigenvalue weighted by molar-refractivity contribution is -0.274. The van der Waals surface area contributed by atoms with E-state index in [1.165, 1.54) is 23.3 Å². The molecular weight excluding hydrogens is 587 g/mol. The van der Waals surface area contributed by atoms with Crippen LogP contribution in [0.3, 0.4) is 0 Å². The van der Waals surface area contributed by atoms with E-state index in [0.29, 0.717) is 30.7 Å². The first-order valence-corrected chi connectivity index (χ1v) is 15.1. The average Bonchev–Trinajstić information content (AvgIpc) is 3.41. The zero-order chi connectivity index (χ0) is 31.7. The summed E-state index contributed by atoms with van der Waals surface area (Å²) in [4.78, 5) is 30.2. The highest BCUT2D eigenvalue weighted by Gasteiger charge is 2.39. The molecule has 2 amide bonds. The van der Waals surface area contributed by atoms with Crippen molar-refractivity contribution in [2.45, 2.75) is 69.3 Å². The molecule has 45 heavy (non-hydrogen) atoms. The van der Waals surface area contributed by atoms with Crippen molar-refractivity contribution in [3.8, 4) is 11.5 Å². The normalized spacial score (nSPS) is 21.5. The van der Waals surface area contributed by atoms with Crippen LogP contribution in [0.5, 0.6) is 11.5 Å². The van der Waals surface area contributed by atoms with Gasteiger partial charge >= 0.3 is 6.36 Å². The third-order valence-corrected chi connectivity index (χ3v) is 8.84. The Labute approximate surface area is 260 Å². The number of hydrogen-bond acceptors (Lipinski definition) is 6. The van der Waals surface area contributed by atoms with Gasteiger partial charge in [0.05, 0.1) is 24.1 Å². The van der Waals surface area contributed by atoms with Crippen LogP contribution in [0.1, 0.15) is 46.3 Å². The van der Waals surface area contributed by atoms with Gasteiger partial charge in [-0.25, -0.2) is 0 Å². The van der Waals surface area contributed by atoms with Crippen LogP contribution in [0.2, 0.25) is 0 Å². The molecule has 8 nitrogen and oxygen atoms in total. The van der Waals surface area contributed by atoms with Crippen LogP contribution in [0.4, 0.5) is 18.9 Å². The van der Waals surface area contributed by atoms with Crippen LogP contribution in [0, 0.1) is 0 Å². The molecule has 0 spiro atoms. The summed E-state index contributed by atoms with van der Waals surface area (Å²) in [5.41, 5.74) is 4.52. The number of likely N-dealkylation sites (N-methyl/N-ethyl adjacent to an activating group) is 1. The molecule has 6 rings (SSSR count). The lowest BCUT2D eigenvalue weighted by Crippen LogP contribution is -2.54. The number of ether oxygens (including phenoxy) is 3. The molecule has 1 fully saturated rings. The third kappa shape index (κ3) is 7.19. The molecule has 0 unspecified atom stereocenters. The molecule has 2 heterocycles. The van der Waals surface area contributed by atoms with Gasteiger partial charge in [0.2, 0.25) is 5.91 Å². The van der Waals surface area contributed by atoms with E-state index in [1.807, 2.05) is 30.1 Å². The Hall–Kier alpha value is -4.25. The lowest BCUT2D eigenvalue weighted by atomic mass is 9.94. The highest BCUT2D eigenvalue weighted by atomic mass is 19.4. The predicted octanol–water partition coefficient (Wildman–Crippen LogP) is 5.28. The van der Waals surface area contributed by atoms with Crippen molar-refractivity contribution in [1.82, 2.24) is 10.2 Å².